The van der Waals surface area contributed by atoms with Gasteiger partial charge in [-0.1, -0.05) is 12.1 Å². The van der Waals surface area contributed by atoms with E-state index in [1.165, 1.54) is 30.6 Å². The zero-order chi connectivity index (χ0) is 16.3. The van der Waals surface area contributed by atoms with Gasteiger partial charge in [0.15, 0.2) is 0 Å². The standard InChI is InChI=1S/C14H14FNO4S2/c1-16(8-6-10-2-4-11(15)5-3-10)22(19,20)12-7-9-21-13(12)14(17)18/h2-5,7,9H,6,8H2,1H3,(H,17,18). The van der Waals surface area contributed by atoms with Crippen molar-refractivity contribution in [1.29, 1.82) is 0 Å². The van der Waals surface area contributed by atoms with E-state index < -0.39 is 16.0 Å². The van der Waals surface area contributed by atoms with Crippen LogP contribution < -0.4 is 0 Å². The molecule has 0 bridgehead atoms. The molecule has 0 fully saturated rings. The predicted molar refractivity (Wildman–Crippen MR) is 81.2 cm³/mol. The van der Waals surface area contributed by atoms with Crippen LogP contribution in [-0.2, 0) is 16.4 Å². The van der Waals surface area contributed by atoms with Gasteiger partial charge in [0.05, 0.1) is 0 Å². The Bertz CT molecular complexity index is 768. The molecular weight excluding hydrogens is 329 g/mol. The first kappa shape index (κ1) is 16.6. The summed E-state index contributed by atoms with van der Waals surface area (Å²) in [5.74, 6) is -1.62. The lowest BCUT2D eigenvalue weighted by Crippen LogP contribution is -2.29. The van der Waals surface area contributed by atoms with Gasteiger partial charge in [-0.3, -0.25) is 0 Å². The van der Waals surface area contributed by atoms with Crippen LogP contribution in [0.1, 0.15) is 15.2 Å². The number of thiophene rings is 1. The molecular formula is C14H14FNO4S2. The van der Waals surface area contributed by atoms with Crippen LogP contribution in [0, 0.1) is 5.82 Å². The number of likely N-dealkylation sites (N-methyl/N-ethyl adjacent to an activating group) is 1. The molecule has 1 heterocycles. The Morgan fingerprint density at radius 3 is 2.50 bits per heavy atom. The molecule has 0 unspecified atom stereocenters. The summed E-state index contributed by atoms with van der Waals surface area (Å²) in [7, 11) is -2.47. The van der Waals surface area contributed by atoms with Crippen LogP contribution in [-0.4, -0.2) is 37.4 Å². The third-order valence-corrected chi connectivity index (χ3v) is 6.07. The van der Waals surface area contributed by atoms with E-state index >= 15 is 0 Å². The summed E-state index contributed by atoms with van der Waals surface area (Å²) in [5, 5.41) is 10.5. The van der Waals surface area contributed by atoms with E-state index in [9.17, 15) is 17.6 Å². The van der Waals surface area contributed by atoms with Crippen molar-refractivity contribution >= 4 is 27.3 Å². The summed E-state index contributed by atoms with van der Waals surface area (Å²) in [6.45, 7) is 0.170. The zero-order valence-electron chi connectivity index (χ0n) is 11.7. The maximum atomic E-state index is 12.8. The lowest BCUT2D eigenvalue weighted by molar-refractivity contribution is 0.0698. The molecule has 2 aromatic rings. The molecule has 0 aliphatic carbocycles. The fourth-order valence-corrected chi connectivity index (χ4v) is 4.28. The van der Waals surface area contributed by atoms with Gasteiger partial charge in [-0.25, -0.2) is 21.9 Å². The highest BCUT2D eigenvalue weighted by Crippen LogP contribution is 2.24. The Kier molecular flexibility index (Phi) is 4.94. The van der Waals surface area contributed by atoms with Gasteiger partial charge in [-0.2, -0.15) is 0 Å². The van der Waals surface area contributed by atoms with Crippen LogP contribution in [0.25, 0.3) is 0 Å². The third-order valence-electron chi connectivity index (χ3n) is 3.14. The highest BCUT2D eigenvalue weighted by atomic mass is 32.2. The van der Waals surface area contributed by atoms with Gasteiger partial charge in [-0.15, -0.1) is 11.3 Å². The van der Waals surface area contributed by atoms with Crippen molar-refractivity contribution in [3.63, 3.8) is 0 Å². The molecule has 1 aromatic heterocycles. The first-order chi connectivity index (χ1) is 10.3. The first-order valence-corrected chi connectivity index (χ1v) is 8.66. The number of halogens is 1. The molecule has 0 radical (unpaired) electrons. The molecule has 8 heteroatoms. The second-order valence-corrected chi connectivity index (χ2v) is 7.55. The van der Waals surface area contributed by atoms with Crippen molar-refractivity contribution in [2.45, 2.75) is 11.3 Å². The smallest absolute Gasteiger partial charge is 0.347 e. The molecule has 0 atom stereocenters. The minimum absolute atomic E-state index is 0.170. The Hall–Kier alpha value is -1.77. The summed E-state index contributed by atoms with van der Waals surface area (Å²) in [5.41, 5.74) is 0.798. The van der Waals surface area contributed by atoms with Crippen LogP contribution in [0.4, 0.5) is 4.39 Å². The third kappa shape index (κ3) is 3.52. The number of sulfonamides is 1. The number of carbonyl (C=O) groups is 1. The van der Waals surface area contributed by atoms with Crippen LogP contribution in [0.15, 0.2) is 40.6 Å². The number of rotatable bonds is 6. The fraction of sp³-hybridized carbons (Fsp3) is 0.214. The number of carboxylic acids is 1. The van der Waals surface area contributed by atoms with E-state index in [1.807, 2.05) is 0 Å². The number of hydrogen-bond donors (Lipinski definition) is 1. The largest absolute Gasteiger partial charge is 0.477 e. The minimum atomic E-state index is -3.86. The maximum absolute atomic E-state index is 12.8. The molecule has 5 nitrogen and oxygen atoms in total. The molecule has 22 heavy (non-hydrogen) atoms. The van der Waals surface area contributed by atoms with Crippen LogP contribution >= 0.6 is 11.3 Å². The van der Waals surface area contributed by atoms with Gasteiger partial charge in [-0.05, 0) is 35.6 Å². The average molecular weight is 343 g/mol. The van der Waals surface area contributed by atoms with Gasteiger partial charge in [0.1, 0.15) is 15.6 Å². The van der Waals surface area contributed by atoms with Crippen LogP contribution in [0.2, 0.25) is 0 Å². The molecule has 2 rings (SSSR count). The highest BCUT2D eigenvalue weighted by Gasteiger charge is 2.27. The van der Waals surface area contributed by atoms with Crippen molar-refractivity contribution < 1.29 is 22.7 Å². The minimum Gasteiger partial charge on any atom is -0.477 e. The summed E-state index contributed by atoms with van der Waals surface area (Å²) >= 11 is 0.871. The molecule has 0 saturated carbocycles. The average Bonchev–Trinajstić information content (AvgIpc) is 2.96. The zero-order valence-corrected chi connectivity index (χ0v) is 13.3. The molecule has 0 amide bonds. The van der Waals surface area contributed by atoms with E-state index in [2.05, 4.69) is 0 Å². The Morgan fingerprint density at radius 2 is 1.91 bits per heavy atom. The van der Waals surface area contributed by atoms with Gasteiger partial charge in [0, 0.05) is 13.6 Å². The molecule has 1 aromatic carbocycles. The normalized spacial score (nSPS) is 11.8. The number of hydrogen-bond acceptors (Lipinski definition) is 4. The molecule has 1 N–H and O–H groups in total. The topological polar surface area (TPSA) is 74.7 Å². The lowest BCUT2D eigenvalue weighted by Gasteiger charge is -2.17. The van der Waals surface area contributed by atoms with Crippen molar-refractivity contribution in [2.75, 3.05) is 13.6 Å². The molecule has 0 aliphatic heterocycles. The van der Waals surface area contributed by atoms with E-state index in [-0.39, 0.29) is 22.1 Å². The second-order valence-electron chi connectivity index (χ2n) is 4.62. The summed E-state index contributed by atoms with van der Waals surface area (Å²) in [6.07, 6.45) is 0.405. The van der Waals surface area contributed by atoms with Gasteiger partial charge < -0.3 is 5.11 Å². The van der Waals surface area contributed by atoms with Crippen LogP contribution in [0.5, 0.6) is 0 Å². The van der Waals surface area contributed by atoms with Gasteiger partial charge >= 0.3 is 5.97 Å². The van der Waals surface area contributed by atoms with Crippen molar-refractivity contribution in [2.24, 2.45) is 0 Å². The molecule has 118 valence electrons. The van der Waals surface area contributed by atoms with E-state index in [0.29, 0.717) is 6.42 Å². The number of carboxylic acid groups (broad SMARTS) is 1. The van der Waals surface area contributed by atoms with Crippen molar-refractivity contribution in [3.8, 4) is 0 Å². The predicted octanol–water partition coefficient (Wildman–Crippen LogP) is 2.45. The summed E-state index contributed by atoms with van der Waals surface area (Å²) in [4.78, 5) is 10.7. The fourth-order valence-electron chi connectivity index (χ4n) is 1.88. The van der Waals surface area contributed by atoms with Gasteiger partial charge in [0.25, 0.3) is 0 Å². The number of benzene rings is 1. The molecule has 0 spiro atoms. The molecule has 0 saturated heterocycles. The molecule has 0 aliphatic rings. The van der Waals surface area contributed by atoms with E-state index in [1.54, 1.807) is 12.1 Å². The summed E-state index contributed by atoms with van der Waals surface area (Å²) < 4.78 is 38.7. The number of aromatic carboxylic acids is 1. The lowest BCUT2D eigenvalue weighted by atomic mass is 10.1. The quantitative estimate of drug-likeness (QED) is 0.874. The highest BCUT2D eigenvalue weighted by molar-refractivity contribution is 7.89. The summed E-state index contributed by atoms with van der Waals surface area (Å²) in [6, 6.07) is 7.08. The first-order valence-electron chi connectivity index (χ1n) is 6.34. The number of nitrogens with zero attached hydrogens (tertiary/aromatic N) is 1. The SMILES string of the molecule is CN(CCc1ccc(F)cc1)S(=O)(=O)c1ccsc1C(=O)O. The van der Waals surface area contributed by atoms with Crippen LogP contribution in [0.3, 0.4) is 0 Å². The Morgan fingerprint density at radius 1 is 1.27 bits per heavy atom. The monoisotopic (exact) mass is 343 g/mol. The Balaban J connectivity index is 2.13. The Labute approximate surface area is 131 Å². The van der Waals surface area contributed by atoms with Gasteiger partial charge in [0.2, 0.25) is 10.0 Å². The van der Waals surface area contributed by atoms with E-state index in [4.69, 9.17) is 5.11 Å². The van der Waals surface area contributed by atoms with E-state index in [0.717, 1.165) is 21.2 Å². The maximum Gasteiger partial charge on any atom is 0.347 e. The second kappa shape index (κ2) is 6.55. The van der Waals surface area contributed by atoms with Crippen molar-refractivity contribution in [1.82, 2.24) is 4.31 Å². The van der Waals surface area contributed by atoms with Crippen molar-refractivity contribution in [3.05, 3.63) is 52.0 Å².